The van der Waals surface area contributed by atoms with Crippen LogP contribution in [0.5, 0.6) is 0 Å². The largest absolute Gasteiger partial charge is 0.308 e. The highest BCUT2D eigenvalue weighted by Gasteiger charge is 2.20. The van der Waals surface area contributed by atoms with Gasteiger partial charge in [-0.2, -0.15) is 11.8 Å². The monoisotopic (exact) mass is 288 g/mol. The quantitative estimate of drug-likeness (QED) is 0.540. The second kappa shape index (κ2) is 5.87. The van der Waals surface area contributed by atoms with Gasteiger partial charge in [0.1, 0.15) is 5.82 Å². The van der Waals surface area contributed by atoms with Crippen molar-refractivity contribution >= 4 is 27.6 Å². The Morgan fingerprint density at radius 3 is 3.06 bits per heavy atom. The molecule has 8 heteroatoms. The van der Waals surface area contributed by atoms with Crippen molar-refractivity contribution in [3.8, 4) is 0 Å². The lowest BCUT2D eigenvalue weighted by atomic mass is 10.2. The summed E-state index contributed by atoms with van der Waals surface area (Å²) in [5.74, 6) is 6.65. The molecule has 1 aliphatic heterocycles. The zero-order valence-corrected chi connectivity index (χ0v) is 11.4. The number of rotatable bonds is 5. The zero-order chi connectivity index (χ0) is 13.0. The first-order valence-corrected chi connectivity index (χ1v) is 8.19. The Morgan fingerprint density at radius 2 is 2.39 bits per heavy atom. The third-order valence-electron chi connectivity index (χ3n) is 2.71. The number of nitrogens with zero attached hydrogens (tertiary/aromatic N) is 1. The molecule has 0 saturated carbocycles. The van der Waals surface area contributed by atoms with Crippen LogP contribution >= 0.6 is 11.8 Å². The van der Waals surface area contributed by atoms with Crippen LogP contribution < -0.4 is 16.0 Å². The van der Waals surface area contributed by atoms with Gasteiger partial charge in [-0.3, -0.25) is 0 Å². The Balaban J connectivity index is 2.04. The van der Waals surface area contributed by atoms with Gasteiger partial charge >= 0.3 is 0 Å². The molecule has 100 valence electrons. The number of nitrogens with two attached hydrogens (primary N) is 1. The number of hydrogen-bond donors (Lipinski definition) is 3. The van der Waals surface area contributed by atoms with Crippen LogP contribution in [0, 0.1) is 0 Å². The number of hydrogen-bond acceptors (Lipinski definition) is 6. The van der Waals surface area contributed by atoms with E-state index in [4.69, 9.17) is 5.84 Å². The maximum Gasteiger partial charge on any atom is 0.240 e. The van der Waals surface area contributed by atoms with Crippen LogP contribution in [0.3, 0.4) is 0 Å². The molecule has 0 aromatic carbocycles. The molecule has 1 aromatic rings. The Bertz CT molecular complexity index is 500. The van der Waals surface area contributed by atoms with Gasteiger partial charge < -0.3 is 5.43 Å². The van der Waals surface area contributed by atoms with Gasteiger partial charge in [-0.25, -0.2) is 24.0 Å². The van der Waals surface area contributed by atoms with E-state index < -0.39 is 10.0 Å². The van der Waals surface area contributed by atoms with Crippen LogP contribution in [0.1, 0.15) is 12.8 Å². The van der Waals surface area contributed by atoms with Gasteiger partial charge in [0, 0.05) is 24.1 Å². The first-order chi connectivity index (χ1) is 8.62. The van der Waals surface area contributed by atoms with Crippen LogP contribution in [-0.2, 0) is 10.0 Å². The first-order valence-electron chi connectivity index (χ1n) is 5.66. The number of hydrazine groups is 1. The molecule has 1 aromatic heterocycles. The molecule has 6 nitrogen and oxygen atoms in total. The molecule has 1 unspecified atom stereocenters. The summed E-state index contributed by atoms with van der Waals surface area (Å²) in [5, 5.41) is 0.383. The number of nitrogen functional groups attached to an aromatic ring is 1. The van der Waals surface area contributed by atoms with Crippen molar-refractivity contribution < 1.29 is 8.42 Å². The number of pyridine rings is 1. The lowest BCUT2D eigenvalue weighted by Gasteiger charge is -2.11. The molecule has 2 rings (SSSR count). The number of thioether (sulfide) groups is 1. The standard InChI is InChI=1S/C10H16N4O2S2/c11-14-10-6-9(3-4-12-10)18(15,16)13-7-8-2-1-5-17-8/h3-4,6,8,13H,1-2,5,7,11H2,(H,12,14). The summed E-state index contributed by atoms with van der Waals surface area (Å²) in [6.07, 6.45) is 3.64. The average Bonchev–Trinajstić information content (AvgIpc) is 2.90. The molecular formula is C10H16N4O2S2. The van der Waals surface area contributed by atoms with Gasteiger partial charge in [0.15, 0.2) is 0 Å². The third kappa shape index (κ3) is 3.35. The van der Waals surface area contributed by atoms with E-state index in [9.17, 15) is 8.42 Å². The second-order valence-electron chi connectivity index (χ2n) is 4.01. The number of anilines is 1. The fourth-order valence-corrected chi connectivity index (χ4v) is 4.15. The maximum absolute atomic E-state index is 12.0. The van der Waals surface area contributed by atoms with E-state index in [-0.39, 0.29) is 4.90 Å². The minimum absolute atomic E-state index is 0.174. The highest BCUT2D eigenvalue weighted by Crippen LogP contribution is 2.25. The molecule has 0 bridgehead atoms. The van der Waals surface area contributed by atoms with Crippen molar-refractivity contribution in [2.75, 3.05) is 17.7 Å². The molecule has 0 spiro atoms. The topological polar surface area (TPSA) is 97.1 Å². The Kier molecular flexibility index (Phi) is 4.44. The van der Waals surface area contributed by atoms with E-state index in [0.717, 1.165) is 18.6 Å². The highest BCUT2D eigenvalue weighted by atomic mass is 32.2. The van der Waals surface area contributed by atoms with E-state index in [2.05, 4.69) is 15.1 Å². The predicted octanol–water partition coefficient (Wildman–Crippen LogP) is 0.541. The summed E-state index contributed by atoms with van der Waals surface area (Å²) in [5.41, 5.74) is 2.33. The van der Waals surface area contributed by atoms with Crippen molar-refractivity contribution in [2.45, 2.75) is 23.0 Å². The summed E-state index contributed by atoms with van der Waals surface area (Å²) in [7, 11) is -3.48. The third-order valence-corrected chi connectivity index (χ3v) is 5.53. The van der Waals surface area contributed by atoms with Crippen LogP contribution in [0.25, 0.3) is 0 Å². The van der Waals surface area contributed by atoms with Crippen molar-refractivity contribution in [1.29, 1.82) is 0 Å². The number of aromatic nitrogens is 1. The number of sulfonamides is 1. The minimum atomic E-state index is -3.48. The molecule has 1 fully saturated rings. The highest BCUT2D eigenvalue weighted by molar-refractivity contribution is 8.00. The van der Waals surface area contributed by atoms with Gasteiger partial charge in [0.05, 0.1) is 4.90 Å². The smallest absolute Gasteiger partial charge is 0.240 e. The molecule has 1 saturated heterocycles. The van der Waals surface area contributed by atoms with Gasteiger partial charge in [-0.05, 0) is 24.7 Å². The lowest BCUT2D eigenvalue weighted by Crippen LogP contribution is -2.30. The molecule has 0 amide bonds. The molecule has 0 radical (unpaired) electrons. The molecule has 18 heavy (non-hydrogen) atoms. The fraction of sp³-hybridized carbons (Fsp3) is 0.500. The summed E-state index contributed by atoms with van der Waals surface area (Å²) < 4.78 is 26.7. The Labute approximate surface area is 111 Å². The van der Waals surface area contributed by atoms with Crippen LogP contribution in [0.4, 0.5) is 5.82 Å². The molecule has 1 atom stereocenters. The molecule has 1 aliphatic rings. The van der Waals surface area contributed by atoms with Crippen LogP contribution in [0.2, 0.25) is 0 Å². The maximum atomic E-state index is 12.0. The summed E-state index contributed by atoms with van der Waals surface area (Å²) in [6, 6.07) is 2.86. The lowest BCUT2D eigenvalue weighted by molar-refractivity contribution is 0.579. The second-order valence-corrected chi connectivity index (χ2v) is 7.18. The van der Waals surface area contributed by atoms with Gasteiger partial charge in [0.25, 0.3) is 0 Å². The van der Waals surface area contributed by atoms with Gasteiger partial charge in [-0.15, -0.1) is 0 Å². The fourth-order valence-electron chi connectivity index (χ4n) is 1.75. The minimum Gasteiger partial charge on any atom is -0.308 e. The number of nitrogens with one attached hydrogen (secondary N) is 2. The van der Waals surface area contributed by atoms with E-state index in [1.807, 2.05) is 11.8 Å². The van der Waals surface area contributed by atoms with E-state index >= 15 is 0 Å². The van der Waals surface area contributed by atoms with Crippen molar-refractivity contribution in [3.05, 3.63) is 18.3 Å². The van der Waals surface area contributed by atoms with E-state index in [0.29, 0.717) is 17.6 Å². The summed E-state index contributed by atoms with van der Waals surface area (Å²) in [4.78, 5) is 4.05. The molecular weight excluding hydrogens is 272 g/mol. The SMILES string of the molecule is NNc1cc(S(=O)(=O)NCC2CCCS2)ccn1. The Morgan fingerprint density at radius 1 is 1.56 bits per heavy atom. The molecule has 4 N–H and O–H groups in total. The van der Waals surface area contributed by atoms with Crippen LogP contribution in [0.15, 0.2) is 23.2 Å². The zero-order valence-electron chi connectivity index (χ0n) is 9.80. The Hall–Kier alpha value is -0.830. The normalized spacial score (nSPS) is 19.9. The van der Waals surface area contributed by atoms with E-state index in [1.54, 1.807) is 0 Å². The van der Waals surface area contributed by atoms with Crippen LogP contribution in [-0.4, -0.2) is 30.9 Å². The average molecular weight is 288 g/mol. The van der Waals surface area contributed by atoms with Gasteiger partial charge in [-0.1, -0.05) is 0 Å². The van der Waals surface area contributed by atoms with Crippen molar-refractivity contribution in [1.82, 2.24) is 9.71 Å². The summed E-state index contributed by atoms with van der Waals surface area (Å²) >= 11 is 1.81. The summed E-state index contributed by atoms with van der Waals surface area (Å²) in [6.45, 7) is 0.473. The van der Waals surface area contributed by atoms with Crippen molar-refractivity contribution in [3.63, 3.8) is 0 Å². The van der Waals surface area contributed by atoms with E-state index in [1.165, 1.54) is 18.3 Å². The predicted molar refractivity (Wildman–Crippen MR) is 72.7 cm³/mol. The van der Waals surface area contributed by atoms with Gasteiger partial charge in [0.2, 0.25) is 10.0 Å². The molecule has 0 aliphatic carbocycles. The molecule has 2 heterocycles. The first kappa shape index (κ1) is 13.6. The van der Waals surface area contributed by atoms with Crippen molar-refractivity contribution in [2.24, 2.45) is 5.84 Å².